The molecule has 2 amide bonds. The molecule has 0 spiro atoms. The number of hydrogen-bond donors (Lipinski definition) is 1. The molecule has 0 bridgehead atoms. The molecule has 148 valence electrons. The van der Waals surface area contributed by atoms with Gasteiger partial charge < -0.3 is 10.2 Å². The van der Waals surface area contributed by atoms with E-state index in [0.29, 0.717) is 29.6 Å². The van der Waals surface area contributed by atoms with E-state index in [9.17, 15) is 9.59 Å². The first-order chi connectivity index (χ1) is 13.6. The van der Waals surface area contributed by atoms with Gasteiger partial charge in [0.15, 0.2) is 5.82 Å². The zero-order valence-corrected chi connectivity index (χ0v) is 17.0. The standard InChI is InChI=1S/C20H25N5O2S/c1-3-4-15(2)20(27)25-14-28-13-17(25)19(26)22-18-8-12-24(23-18)11-7-16-5-9-21-10-6-16/h4-6,8-10,12,17H,3,7,11,13-14H2,1-2H3,(H,22,23,26)/b15-4-. The van der Waals surface area contributed by atoms with Gasteiger partial charge in [0.05, 0.1) is 5.88 Å². The smallest absolute Gasteiger partial charge is 0.250 e. The summed E-state index contributed by atoms with van der Waals surface area (Å²) in [6.07, 6.45) is 8.92. The lowest BCUT2D eigenvalue weighted by atomic mass is 10.2. The van der Waals surface area contributed by atoms with Crippen LogP contribution in [-0.4, -0.2) is 49.2 Å². The fraction of sp³-hybridized carbons (Fsp3) is 0.400. The number of rotatable bonds is 7. The lowest BCUT2D eigenvalue weighted by Crippen LogP contribution is -2.44. The van der Waals surface area contributed by atoms with Crippen LogP contribution in [0.3, 0.4) is 0 Å². The Morgan fingerprint density at radius 2 is 2.11 bits per heavy atom. The van der Waals surface area contributed by atoms with Crippen LogP contribution in [0, 0.1) is 0 Å². The van der Waals surface area contributed by atoms with Gasteiger partial charge in [-0.3, -0.25) is 19.3 Å². The van der Waals surface area contributed by atoms with E-state index >= 15 is 0 Å². The maximum Gasteiger partial charge on any atom is 0.250 e. The van der Waals surface area contributed by atoms with E-state index in [1.165, 1.54) is 5.56 Å². The van der Waals surface area contributed by atoms with Gasteiger partial charge in [0.1, 0.15) is 6.04 Å². The van der Waals surface area contributed by atoms with E-state index in [0.717, 1.165) is 12.8 Å². The highest BCUT2D eigenvalue weighted by Crippen LogP contribution is 2.24. The van der Waals surface area contributed by atoms with Gasteiger partial charge in [-0.1, -0.05) is 13.0 Å². The van der Waals surface area contributed by atoms with Crippen LogP contribution in [0.5, 0.6) is 0 Å². The van der Waals surface area contributed by atoms with Crippen molar-refractivity contribution in [2.24, 2.45) is 0 Å². The predicted octanol–water partition coefficient (Wildman–Crippen LogP) is 2.72. The van der Waals surface area contributed by atoms with Crippen molar-refractivity contribution in [1.82, 2.24) is 19.7 Å². The maximum atomic E-state index is 12.7. The van der Waals surface area contributed by atoms with E-state index < -0.39 is 6.04 Å². The SMILES string of the molecule is CC/C=C(/C)C(=O)N1CSCC1C(=O)Nc1ccn(CCc2ccncc2)n1. The van der Waals surface area contributed by atoms with E-state index in [4.69, 9.17) is 0 Å². The number of aromatic nitrogens is 3. The Kier molecular flexibility index (Phi) is 6.86. The van der Waals surface area contributed by atoms with E-state index in [2.05, 4.69) is 15.4 Å². The number of hydrogen-bond acceptors (Lipinski definition) is 5. The van der Waals surface area contributed by atoms with Gasteiger partial charge in [0.25, 0.3) is 5.91 Å². The average Bonchev–Trinajstić information content (AvgIpc) is 3.36. The van der Waals surface area contributed by atoms with Gasteiger partial charge in [-0.25, -0.2) is 0 Å². The van der Waals surface area contributed by atoms with Crippen LogP contribution in [0.25, 0.3) is 0 Å². The van der Waals surface area contributed by atoms with Gasteiger partial charge in [-0.15, -0.1) is 11.8 Å². The molecule has 0 radical (unpaired) electrons. The molecule has 1 saturated heterocycles. The topological polar surface area (TPSA) is 80.1 Å². The molecule has 0 saturated carbocycles. The monoisotopic (exact) mass is 399 g/mol. The first-order valence-electron chi connectivity index (χ1n) is 9.37. The number of carbonyl (C=O) groups is 2. The Hall–Kier alpha value is -2.61. The van der Waals surface area contributed by atoms with Crippen LogP contribution >= 0.6 is 11.8 Å². The summed E-state index contributed by atoms with van der Waals surface area (Å²) in [6.45, 7) is 4.50. The fourth-order valence-electron chi connectivity index (χ4n) is 3.04. The summed E-state index contributed by atoms with van der Waals surface area (Å²) in [4.78, 5) is 30.9. The maximum absolute atomic E-state index is 12.7. The van der Waals surface area contributed by atoms with Crippen molar-refractivity contribution in [3.8, 4) is 0 Å². The van der Waals surface area contributed by atoms with Crippen LogP contribution in [0.1, 0.15) is 25.8 Å². The average molecular weight is 400 g/mol. The molecule has 3 rings (SSSR count). The quantitative estimate of drug-likeness (QED) is 0.724. The molecule has 1 aliphatic rings. The molecule has 2 aromatic heterocycles. The van der Waals surface area contributed by atoms with Crippen molar-refractivity contribution in [3.63, 3.8) is 0 Å². The van der Waals surface area contributed by atoms with Gasteiger partial charge >= 0.3 is 0 Å². The second-order valence-corrected chi connectivity index (χ2v) is 7.64. The first-order valence-corrected chi connectivity index (χ1v) is 10.5. The normalized spacial score (nSPS) is 17.0. The minimum Gasteiger partial charge on any atom is -0.317 e. The summed E-state index contributed by atoms with van der Waals surface area (Å²) in [6, 6.07) is 5.26. The number of nitrogens with one attached hydrogen (secondary N) is 1. The Morgan fingerprint density at radius 1 is 1.32 bits per heavy atom. The number of aryl methyl sites for hydroxylation is 2. The van der Waals surface area contributed by atoms with E-state index in [1.54, 1.807) is 46.7 Å². The van der Waals surface area contributed by atoms with Crippen molar-refractivity contribution in [1.29, 1.82) is 0 Å². The number of carbonyl (C=O) groups excluding carboxylic acids is 2. The zero-order chi connectivity index (χ0) is 19.9. The zero-order valence-electron chi connectivity index (χ0n) is 16.2. The lowest BCUT2D eigenvalue weighted by Gasteiger charge is -2.23. The molecule has 7 nitrogen and oxygen atoms in total. The first kappa shape index (κ1) is 20.1. The third-order valence-corrected chi connectivity index (χ3v) is 5.58. The lowest BCUT2D eigenvalue weighted by molar-refractivity contribution is -0.133. The van der Waals surface area contributed by atoms with Crippen LogP contribution in [0.2, 0.25) is 0 Å². The third-order valence-electron chi connectivity index (χ3n) is 4.56. The Labute approximate surface area is 169 Å². The van der Waals surface area contributed by atoms with Crippen molar-refractivity contribution >= 4 is 29.4 Å². The summed E-state index contributed by atoms with van der Waals surface area (Å²) in [7, 11) is 0. The third kappa shape index (κ3) is 5.01. The second kappa shape index (κ2) is 9.54. The molecule has 1 atom stereocenters. The summed E-state index contributed by atoms with van der Waals surface area (Å²) < 4.78 is 1.80. The molecule has 1 fully saturated rings. The summed E-state index contributed by atoms with van der Waals surface area (Å²) in [5.74, 6) is 1.37. The van der Waals surface area contributed by atoms with Crippen molar-refractivity contribution in [2.75, 3.05) is 16.9 Å². The predicted molar refractivity (Wildman–Crippen MR) is 111 cm³/mol. The summed E-state index contributed by atoms with van der Waals surface area (Å²) in [5, 5.41) is 7.27. The number of anilines is 1. The minimum absolute atomic E-state index is 0.0742. The minimum atomic E-state index is -0.473. The van der Waals surface area contributed by atoms with Crippen molar-refractivity contribution in [3.05, 3.63) is 54.0 Å². The number of pyridine rings is 1. The number of amides is 2. The molecule has 3 heterocycles. The van der Waals surface area contributed by atoms with Gasteiger partial charge in [0.2, 0.25) is 5.91 Å². The molecule has 2 aromatic rings. The van der Waals surface area contributed by atoms with Crippen molar-refractivity contribution < 1.29 is 9.59 Å². The van der Waals surface area contributed by atoms with Gasteiger partial charge in [-0.05, 0) is 37.5 Å². The van der Waals surface area contributed by atoms with E-state index in [-0.39, 0.29) is 11.8 Å². The molecule has 0 aromatic carbocycles. The fourth-order valence-corrected chi connectivity index (χ4v) is 4.19. The van der Waals surface area contributed by atoms with Crippen molar-refractivity contribution in [2.45, 2.75) is 39.3 Å². The Bertz CT molecular complexity index is 849. The molecule has 1 unspecified atom stereocenters. The molecule has 8 heteroatoms. The Morgan fingerprint density at radius 3 is 2.86 bits per heavy atom. The molecule has 0 aliphatic carbocycles. The van der Waals surface area contributed by atoms with Gasteiger partial charge in [0, 0.05) is 42.5 Å². The van der Waals surface area contributed by atoms with Crippen LogP contribution in [0.15, 0.2) is 48.4 Å². The van der Waals surface area contributed by atoms with Crippen LogP contribution < -0.4 is 5.32 Å². The largest absolute Gasteiger partial charge is 0.317 e. The second-order valence-electron chi connectivity index (χ2n) is 6.64. The number of thioether (sulfide) groups is 1. The molecule has 1 N–H and O–H groups in total. The highest BCUT2D eigenvalue weighted by Gasteiger charge is 2.35. The number of nitrogens with zero attached hydrogens (tertiary/aromatic N) is 4. The summed E-state index contributed by atoms with van der Waals surface area (Å²) in [5.41, 5.74) is 1.87. The number of allylic oxidation sites excluding steroid dienone is 1. The van der Waals surface area contributed by atoms with Crippen LogP contribution in [0.4, 0.5) is 5.82 Å². The summed E-state index contributed by atoms with van der Waals surface area (Å²) >= 11 is 1.59. The highest BCUT2D eigenvalue weighted by molar-refractivity contribution is 7.99. The Balaban J connectivity index is 1.57. The molecule has 28 heavy (non-hydrogen) atoms. The molecular formula is C20H25N5O2S. The van der Waals surface area contributed by atoms with Gasteiger partial charge in [-0.2, -0.15) is 5.10 Å². The molecule has 1 aliphatic heterocycles. The van der Waals surface area contributed by atoms with E-state index in [1.807, 2.05) is 31.3 Å². The molecular weight excluding hydrogens is 374 g/mol. The van der Waals surface area contributed by atoms with Crippen LogP contribution in [-0.2, 0) is 22.6 Å². The highest BCUT2D eigenvalue weighted by atomic mass is 32.2.